The van der Waals surface area contributed by atoms with Gasteiger partial charge in [0, 0.05) is 16.5 Å². The molecule has 0 fully saturated rings. The molecule has 2 aromatic carbocycles. The van der Waals surface area contributed by atoms with E-state index in [1.54, 1.807) is 0 Å². The molecule has 0 saturated heterocycles. The molecule has 0 saturated carbocycles. The van der Waals surface area contributed by atoms with Gasteiger partial charge in [-0.05, 0) is 33.6 Å². The van der Waals surface area contributed by atoms with E-state index in [-0.39, 0.29) is 0 Å². The largest absolute Gasteiger partial charge is 0.387 e. The molecule has 0 bridgehead atoms. The third kappa shape index (κ3) is 3.46. The maximum Gasteiger partial charge on any atom is 0.0899 e. The standard InChI is InChI=1S/C16H13BrO/c17-15-11-5-4-7-13(15)10-6-12-16(18)14-8-2-1-3-9-14/h1-5,7-9,11,16,18H,12H2. The lowest BCUT2D eigenvalue weighted by Crippen LogP contribution is -1.94. The maximum atomic E-state index is 9.95. The van der Waals surface area contributed by atoms with Crippen molar-refractivity contribution in [3.05, 3.63) is 70.2 Å². The zero-order valence-corrected chi connectivity index (χ0v) is 11.4. The summed E-state index contributed by atoms with van der Waals surface area (Å²) in [4.78, 5) is 0. The van der Waals surface area contributed by atoms with E-state index in [0.29, 0.717) is 6.42 Å². The average Bonchev–Trinajstić information content (AvgIpc) is 2.42. The first-order valence-electron chi connectivity index (χ1n) is 5.74. The highest BCUT2D eigenvalue weighted by atomic mass is 79.9. The monoisotopic (exact) mass is 300 g/mol. The van der Waals surface area contributed by atoms with Crippen molar-refractivity contribution in [1.29, 1.82) is 0 Å². The van der Waals surface area contributed by atoms with Crippen molar-refractivity contribution >= 4 is 15.9 Å². The van der Waals surface area contributed by atoms with Crippen LogP contribution >= 0.6 is 15.9 Å². The van der Waals surface area contributed by atoms with Gasteiger partial charge in [0.1, 0.15) is 0 Å². The lowest BCUT2D eigenvalue weighted by atomic mass is 10.1. The molecule has 0 aliphatic heterocycles. The molecule has 2 rings (SSSR count). The van der Waals surface area contributed by atoms with Gasteiger partial charge < -0.3 is 5.11 Å². The van der Waals surface area contributed by atoms with Crippen LogP contribution in [0.1, 0.15) is 23.7 Å². The Balaban J connectivity index is 2.03. The molecule has 0 aromatic heterocycles. The van der Waals surface area contributed by atoms with Crippen LogP contribution in [0.25, 0.3) is 0 Å². The normalized spacial score (nSPS) is 11.4. The van der Waals surface area contributed by atoms with Gasteiger partial charge in [0.2, 0.25) is 0 Å². The molecule has 18 heavy (non-hydrogen) atoms. The van der Waals surface area contributed by atoms with Crippen LogP contribution in [0, 0.1) is 11.8 Å². The van der Waals surface area contributed by atoms with Crippen molar-refractivity contribution in [3.63, 3.8) is 0 Å². The van der Waals surface area contributed by atoms with Crippen LogP contribution in [0.5, 0.6) is 0 Å². The first-order valence-corrected chi connectivity index (χ1v) is 6.53. The Morgan fingerprint density at radius 2 is 1.67 bits per heavy atom. The molecule has 0 spiro atoms. The molecule has 1 unspecified atom stereocenters. The number of hydrogen-bond acceptors (Lipinski definition) is 1. The van der Waals surface area contributed by atoms with Crippen molar-refractivity contribution in [1.82, 2.24) is 0 Å². The van der Waals surface area contributed by atoms with Crippen LogP contribution in [0.3, 0.4) is 0 Å². The quantitative estimate of drug-likeness (QED) is 0.833. The van der Waals surface area contributed by atoms with Crippen molar-refractivity contribution in [3.8, 4) is 11.8 Å². The van der Waals surface area contributed by atoms with Crippen molar-refractivity contribution in [2.24, 2.45) is 0 Å². The molecule has 0 aliphatic rings. The number of halogens is 1. The van der Waals surface area contributed by atoms with Gasteiger partial charge >= 0.3 is 0 Å². The van der Waals surface area contributed by atoms with E-state index >= 15 is 0 Å². The number of aliphatic hydroxyl groups is 1. The van der Waals surface area contributed by atoms with E-state index in [9.17, 15) is 5.11 Å². The highest BCUT2D eigenvalue weighted by Gasteiger charge is 2.03. The minimum absolute atomic E-state index is 0.436. The molecule has 2 aromatic rings. The Kier molecular flexibility index (Phi) is 4.58. The second-order valence-electron chi connectivity index (χ2n) is 3.91. The summed E-state index contributed by atoms with van der Waals surface area (Å²) in [6, 6.07) is 17.4. The van der Waals surface area contributed by atoms with Gasteiger partial charge in [-0.25, -0.2) is 0 Å². The van der Waals surface area contributed by atoms with Crippen LogP contribution in [0.15, 0.2) is 59.1 Å². The van der Waals surface area contributed by atoms with Crippen molar-refractivity contribution < 1.29 is 5.11 Å². The molecular formula is C16H13BrO. The number of hydrogen-bond donors (Lipinski definition) is 1. The van der Waals surface area contributed by atoms with Gasteiger partial charge in [0.25, 0.3) is 0 Å². The SMILES string of the molecule is OC(CC#Cc1ccccc1Br)c1ccccc1. The Labute approximate surface area is 116 Å². The van der Waals surface area contributed by atoms with E-state index < -0.39 is 6.10 Å². The lowest BCUT2D eigenvalue weighted by molar-refractivity contribution is 0.184. The fourth-order valence-corrected chi connectivity index (χ4v) is 1.98. The fraction of sp³-hybridized carbons (Fsp3) is 0.125. The van der Waals surface area contributed by atoms with Gasteiger partial charge in [-0.3, -0.25) is 0 Å². The van der Waals surface area contributed by atoms with E-state index in [4.69, 9.17) is 0 Å². The summed E-state index contributed by atoms with van der Waals surface area (Å²) < 4.78 is 0.978. The number of rotatable bonds is 2. The maximum absolute atomic E-state index is 9.95. The zero-order chi connectivity index (χ0) is 12.8. The Morgan fingerprint density at radius 1 is 1.00 bits per heavy atom. The molecule has 0 amide bonds. The van der Waals surface area contributed by atoms with E-state index in [1.165, 1.54) is 0 Å². The molecular weight excluding hydrogens is 288 g/mol. The second kappa shape index (κ2) is 6.39. The summed E-state index contributed by atoms with van der Waals surface area (Å²) >= 11 is 3.44. The van der Waals surface area contributed by atoms with Gasteiger partial charge in [-0.2, -0.15) is 0 Å². The Bertz CT molecular complexity index is 566. The highest BCUT2D eigenvalue weighted by Crippen LogP contribution is 2.16. The predicted octanol–water partition coefficient (Wildman–Crippen LogP) is 3.92. The minimum atomic E-state index is -0.527. The third-order valence-electron chi connectivity index (χ3n) is 2.58. The topological polar surface area (TPSA) is 20.2 Å². The summed E-state index contributed by atoms with van der Waals surface area (Å²) in [6.45, 7) is 0. The molecule has 90 valence electrons. The van der Waals surface area contributed by atoms with Crippen LogP contribution in [-0.2, 0) is 0 Å². The van der Waals surface area contributed by atoms with Crippen LogP contribution in [-0.4, -0.2) is 5.11 Å². The molecule has 0 aliphatic carbocycles. The number of benzene rings is 2. The zero-order valence-electron chi connectivity index (χ0n) is 9.81. The summed E-state index contributed by atoms with van der Waals surface area (Å²) in [5.74, 6) is 6.07. The van der Waals surface area contributed by atoms with E-state index in [2.05, 4.69) is 27.8 Å². The Hall–Kier alpha value is -1.56. The average molecular weight is 301 g/mol. The Morgan fingerprint density at radius 3 is 2.39 bits per heavy atom. The second-order valence-corrected chi connectivity index (χ2v) is 4.77. The molecule has 1 nitrogen and oxygen atoms in total. The van der Waals surface area contributed by atoms with E-state index in [0.717, 1.165) is 15.6 Å². The van der Waals surface area contributed by atoms with Gasteiger partial charge in [-0.1, -0.05) is 54.3 Å². The molecule has 1 N–H and O–H groups in total. The molecule has 0 radical (unpaired) electrons. The van der Waals surface area contributed by atoms with E-state index in [1.807, 2.05) is 54.6 Å². The summed E-state index contributed by atoms with van der Waals surface area (Å²) in [5.41, 5.74) is 1.84. The first kappa shape index (κ1) is 12.9. The fourth-order valence-electron chi connectivity index (χ4n) is 1.60. The smallest absolute Gasteiger partial charge is 0.0899 e. The van der Waals surface area contributed by atoms with Crippen molar-refractivity contribution in [2.75, 3.05) is 0 Å². The van der Waals surface area contributed by atoms with Crippen LogP contribution in [0.4, 0.5) is 0 Å². The highest BCUT2D eigenvalue weighted by molar-refractivity contribution is 9.10. The van der Waals surface area contributed by atoms with Crippen molar-refractivity contribution in [2.45, 2.75) is 12.5 Å². The summed E-state index contributed by atoms with van der Waals surface area (Å²) in [7, 11) is 0. The van der Waals surface area contributed by atoms with Crippen LogP contribution < -0.4 is 0 Å². The minimum Gasteiger partial charge on any atom is -0.387 e. The summed E-state index contributed by atoms with van der Waals surface area (Å²) in [6.07, 6.45) is -0.0908. The predicted molar refractivity (Wildman–Crippen MR) is 77.0 cm³/mol. The van der Waals surface area contributed by atoms with Gasteiger partial charge in [0.15, 0.2) is 0 Å². The van der Waals surface area contributed by atoms with Gasteiger partial charge in [0.05, 0.1) is 6.10 Å². The first-order chi connectivity index (χ1) is 8.77. The summed E-state index contributed by atoms with van der Waals surface area (Å²) in [5, 5.41) is 9.95. The molecule has 0 heterocycles. The lowest BCUT2D eigenvalue weighted by Gasteiger charge is -2.05. The molecule has 2 heteroatoms. The van der Waals surface area contributed by atoms with Gasteiger partial charge in [-0.15, -0.1) is 0 Å². The number of aliphatic hydroxyl groups excluding tert-OH is 1. The molecule has 1 atom stereocenters. The third-order valence-corrected chi connectivity index (χ3v) is 3.27. The van der Waals surface area contributed by atoms with Crippen LogP contribution in [0.2, 0.25) is 0 Å².